The van der Waals surface area contributed by atoms with E-state index in [0.29, 0.717) is 11.4 Å². The van der Waals surface area contributed by atoms with Crippen LogP contribution in [-0.2, 0) is 14.8 Å². The summed E-state index contributed by atoms with van der Waals surface area (Å²) in [5.41, 5.74) is 0.436. The zero-order chi connectivity index (χ0) is 22.6. The molecule has 1 amide bonds. The molecule has 0 bridgehead atoms. The molecule has 1 aromatic heterocycles. The third-order valence-corrected chi connectivity index (χ3v) is 6.59. The number of nitrogens with zero attached hydrogens (tertiary/aromatic N) is 2. The van der Waals surface area contributed by atoms with Gasteiger partial charge in [-0.3, -0.25) is 4.79 Å². The summed E-state index contributed by atoms with van der Waals surface area (Å²) >= 11 is 3.52. The predicted octanol–water partition coefficient (Wildman–Crippen LogP) is 4.21. The summed E-state index contributed by atoms with van der Waals surface area (Å²) in [7, 11) is -3.85. The van der Waals surface area contributed by atoms with E-state index in [0.717, 1.165) is 15.2 Å². The summed E-state index contributed by atoms with van der Waals surface area (Å²) < 4.78 is 33.5. The quantitative estimate of drug-likeness (QED) is 0.383. The van der Waals surface area contributed by atoms with Gasteiger partial charge in [0, 0.05) is 18.1 Å². The van der Waals surface area contributed by atoms with Gasteiger partial charge >= 0.3 is 0 Å². The lowest BCUT2D eigenvalue weighted by Gasteiger charge is -2.11. The molecule has 0 aliphatic carbocycles. The smallest absolute Gasteiger partial charge is 0.264 e. The molecule has 0 fully saturated rings. The molecule has 32 heavy (non-hydrogen) atoms. The number of aromatic nitrogens is 2. The van der Waals surface area contributed by atoms with Crippen molar-refractivity contribution in [3.05, 3.63) is 83.6 Å². The fourth-order valence-electron chi connectivity index (χ4n) is 2.91. The number of halogens is 1. The van der Waals surface area contributed by atoms with Crippen molar-refractivity contribution in [3.63, 3.8) is 0 Å². The van der Waals surface area contributed by atoms with Gasteiger partial charge in [0.1, 0.15) is 5.75 Å². The van der Waals surface area contributed by atoms with E-state index in [9.17, 15) is 13.2 Å². The number of ether oxygens (including phenoxy) is 1. The second-order valence-corrected chi connectivity index (χ2v) is 9.11. The molecule has 0 unspecified atom stereocenters. The first-order chi connectivity index (χ1) is 15.4. The number of rotatable bonds is 7. The minimum absolute atomic E-state index is 0.0132. The normalized spacial score (nSPS) is 11.2. The summed E-state index contributed by atoms with van der Waals surface area (Å²) in [5, 5.41) is 4.72. The first-order valence-corrected chi connectivity index (χ1v) is 11.7. The maximum atomic E-state index is 12.4. The van der Waals surface area contributed by atoms with Crippen molar-refractivity contribution >= 4 is 54.3 Å². The molecule has 0 radical (unpaired) electrons. The Bertz CT molecular complexity index is 1360. The number of hydrogen-bond donors (Lipinski definition) is 2. The van der Waals surface area contributed by atoms with Gasteiger partial charge in [-0.05, 0) is 63.1 Å². The Labute approximate surface area is 192 Å². The van der Waals surface area contributed by atoms with Crippen LogP contribution >= 0.6 is 15.9 Å². The third kappa shape index (κ3) is 5.04. The highest BCUT2D eigenvalue weighted by Crippen LogP contribution is 2.33. The largest absolute Gasteiger partial charge is 0.483 e. The summed E-state index contributed by atoms with van der Waals surface area (Å²) in [6, 6.07) is 18.9. The topological polar surface area (TPSA) is 110 Å². The average Bonchev–Trinajstić information content (AvgIpc) is 2.79. The van der Waals surface area contributed by atoms with Gasteiger partial charge in [-0.15, -0.1) is 0 Å². The second-order valence-electron chi connectivity index (χ2n) is 6.64. The van der Waals surface area contributed by atoms with Gasteiger partial charge in [-0.25, -0.2) is 23.1 Å². The highest BCUT2D eigenvalue weighted by Gasteiger charge is 2.16. The molecule has 4 rings (SSSR count). The Balaban J connectivity index is 1.37. The van der Waals surface area contributed by atoms with Crippen molar-refractivity contribution in [2.75, 3.05) is 16.6 Å². The molecule has 1 heterocycles. The van der Waals surface area contributed by atoms with Crippen LogP contribution in [-0.4, -0.2) is 30.9 Å². The van der Waals surface area contributed by atoms with Crippen LogP contribution in [0.1, 0.15) is 0 Å². The number of hydrogen-bond acceptors (Lipinski definition) is 6. The molecule has 2 N–H and O–H groups in total. The highest BCUT2D eigenvalue weighted by molar-refractivity contribution is 9.10. The maximum absolute atomic E-state index is 12.4. The van der Waals surface area contributed by atoms with Gasteiger partial charge in [0.15, 0.2) is 6.61 Å². The van der Waals surface area contributed by atoms with Gasteiger partial charge < -0.3 is 10.1 Å². The van der Waals surface area contributed by atoms with Crippen molar-refractivity contribution in [1.82, 2.24) is 9.97 Å². The second kappa shape index (κ2) is 9.33. The number of benzene rings is 3. The summed E-state index contributed by atoms with van der Waals surface area (Å²) in [6.45, 7) is -0.204. The van der Waals surface area contributed by atoms with E-state index in [2.05, 4.69) is 35.9 Å². The average molecular weight is 513 g/mol. The molecule has 4 aromatic rings. The maximum Gasteiger partial charge on any atom is 0.264 e. The molecule has 0 aliphatic rings. The molecular formula is C22H17BrN4O4S. The number of sulfonamides is 1. The fourth-order valence-corrected chi connectivity index (χ4v) is 4.48. The molecule has 0 aliphatic heterocycles. The molecule has 0 saturated heterocycles. The van der Waals surface area contributed by atoms with E-state index in [1.54, 1.807) is 12.1 Å². The monoisotopic (exact) mass is 512 g/mol. The lowest BCUT2D eigenvalue weighted by molar-refractivity contribution is -0.118. The molecule has 0 saturated carbocycles. The van der Waals surface area contributed by atoms with Crippen LogP contribution in [0, 0.1) is 0 Å². The van der Waals surface area contributed by atoms with E-state index < -0.39 is 10.0 Å². The van der Waals surface area contributed by atoms with Gasteiger partial charge in [0.25, 0.3) is 15.9 Å². The van der Waals surface area contributed by atoms with Crippen LogP contribution < -0.4 is 14.8 Å². The Hall–Kier alpha value is -3.50. The molecule has 3 aromatic carbocycles. The molecule has 0 atom stereocenters. The van der Waals surface area contributed by atoms with Gasteiger partial charge in [-0.1, -0.05) is 30.3 Å². The van der Waals surface area contributed by atoms with Crippen molar-refractivity contribution in [2.24, 2.45) is 0 Å². The van der Waals surface area contributed by atoms with Gasteiger partial charge in [0.2, 0.25) is 5.95 Å². The van der Waals surface area contributed by atoms with Crippen molar-refractivity contribution in [3.8, 4) is 5.75 Å². The predicted molar refractivity (Wildman–Crippen MR) is 125 cm³/mol. The Morgan fingerprint density at radius 2 is 1.66 bits per heavy atom. The lowest BCUT2D eigenvalue weighted by atomic mass is 10.1. The highest BCUT2D eigenvalue weighted by atomic mass is 79.9. The Morgan fingerprint density at radius 3 is 2.41 bits per heavy atom. The van der Waals surface area contributed by atoms with E-state index in [1.807, 2.05) is 30.3 Å². The molecule has 10 heteroatoms. The molecule has 8 nitrogen and oxygen atoms in total. The molecular weight excluding hydrogens is 496 g/mol. The SMILES string of the molecule is O=C(COc1ccc2ccccc2c1Br)Nc1ccc(S(=O)(=O)Nc2ncccn2)cc1. The standard InChI is InChI=1S/C22H17BrN4O4S/c23-21-18-5-2-1-4-15(18)6-11-19(21)31-14-20(28)26-16-7-9-17(10-8-16)32(29,30)27-22-24-12-3-13-25-22/h1-13H,14H2,(H,26,28)(H,24,25,27). The van der Waals surface area contributed by atoms with Crippen molar-refractivity contribution in [2.45, 2.75) is 4.90 Å². The number of carbonyl (C=O) groups is 1. The number of anilines is 2. The number of amides is 1. The number of fused-ring (bicyclic) bond motifs is 1. The number of carbonyl (C=O) groups excluding carboxylic acids is 1. The zero-order valence-electron chi connectivity index (χ0n) is 16.5. The lowest BCUT2D eigenvalue weighted by Crippen LogP contribution is -2.20. The van der Waals surface area contributed by atoms with Crippen LogP contribution in [0.4, 0.5) is 11.6 Å². The summed E-state index contributed by atoms with van der Waals surface area (Å²) in [6.07, 6.45) is 2.87. The van der Waals surface area contributed by atoms with E-state index in [4.69, 9.17) is 4.74 Å². The fraction of sp³-hybridized carbons (Fsp3) is 0.0455. The molecule has 0 spiro atoms. The zero-order valence-corrected chi connectivity index (χ0v) is 18.9. The minimum atomic E-state index is -3.85. The first-order valence-electron chi connectivity index (χ1n) is 9.42. The Morgan fingerprint density at radius 1 is 0.938 bits per heavy atom. The van der Waals surface area contributed by atoms with E-state index >= 15 is 0 Å². The van der Waals surface area contributed by atoms with Crippen molar-refractivity contribution < 1.29 is 17.9 Å². The van der Waals surface area contributed by atoms with Gasteiger partial charge in [0.05, 0.1) is 9.37 Å². The summed E-state index contributed by atoms with van der Waals surface area (Å²) in [4.78, 5) is 20.0. The Kier molecular flexibility index (Phi) is 6.33. The van der Waals surface area contributed by atoms with E-state index in [-0.39, 0.29) is 23.4 Å². The first kappa shape index (κ1) is 21.7. The van der Waals surface area contributed by atoms with Crippen LogP contribution in [0.25, 0.3) is 10.8 Å². The number of nitrogens with one attached hydrogen (secondary N) is 2. The van der Waals surface area contributed by atoms with E-state index in [1.165, 1.54) is 36.7 Å². The summed E-state index contributed by atoms with van der Waals surface area (Å²) in [5.74, 6) is 0.146. The minimum Gasteiger partial charge on any atom is -0.483 e. The van der Waals surface area contributed by atoms with Crippen LogP contribution in [0.5, 0.6) is 5.75 Å². The van der Waals surface area contributed by atoms with Gasteiger partial charge in [-0.2, -0.15) is 0 Å². The van der Waals surface area contributed by atoms with Crippen LogP contribution in [0.15, 0.2) is 88.5 Å². The van der Waals surface area contributed by atoms with Crippen molar-refractivity contribution in [1.29, 1.82) is 0 Å². The molecule has 162 valence electrons. The third-order valence-electron chi connectivity index (χ3n) is 4.43. The van der Waals surface area contributed by atoms with Crippen LogP contribution in [0.3, 0.4) is 0 Å². The van der Waals surface area contributed by atoms with Crippen LogP contribution in [0.2, 0.25) is 0 Å².